The van der Waals surface area contributed by atoms with Gasteiger partial charge < -0.3 is 0 Å². The van der Waals surface area contributed by atoms with Crippen molar-refractivity contribution in [2.24, 2.45) is 0 Å². The SMILES string of the molecule is CCCCCCCCCCCCCCCCCC(CCCCCCC)c1[nH]cc[n+]1C(C)CCCCCCCCC. The Balaban J connectivity index is 2.31. The Kier molecular flexibility index (Phi) is 27.3. The number of nitrogens with one attached hydrogen (secondary N) is 1. The summed E-state index contributed by atoms with van der Waals surface area (Å²) < 4.78 is 2.62. The highest BCUT2D eigenvalue weighted by Gasteiger charge is 2.25. The second-order valence-electron chi connectivity index (χ2n) is 13.6. The van der Waals surface area contributed by atoms with E-state index >= 15 is 0 Å². The summed E-state index contributed by atoms with van der Waals surface area (Å²) in [4.78, 5) is 3.73. The topological polar surface area (TPSA) is 19.7 Å². The van der Waals surface area contributed by atoms with E-state index in [1.165, 1.54) is 198 Å². The Morgan fingerprint density at radius 2 is 0.780 bits per heavy atom. The molecule has 1 aromatic rings. The average molecular weight is 574 g/mol. The van der Waals surface area contributed by atoms with Gasteiger partial charge in [-0.15, -0.1) is 0 Å². The minimum absolute atomic E-state index is 0.621. The van der Waals surface area contributed by atoms with Gasteiger partial charge in [0.15, 0.2) is 0 Å². The number of imidazole rings is 1. The molecular weight excluding hydrogens is 496 g/mol. The Morgan fingerprint density at radius 3 is 1.15 bits per heavy atom. The number of hydrogen-bond acceptors (Lipinski definition) is 0. The number of rotatable bonds is 32. The van der Waals surface area contributed by atoms with Crippen molar-refractivity contribution in [2.45, 2.75) is 232 Å². The second kappa shape index (κ2) is 29.3. The van der Waals surface area contributed by atoms with Gasteiger partial charge in [-0.05, 0) is 32.6 Å². The van der Waals surface area contributed by atoms with Gasteiger partial charge in [0.2, 0.25) is 0 Å². The minimum Gasteiger partial charge on any atom is -0.247 e. The molecular formula is C39H77N2+. The fraction of sp³-hybridized carbons (Fsp3) is 0.923. The molecule has 1 aromatic heterocycles. The molecule has 0 amide bonds. The van der Waals surface area contributed by atoms with E-state index in [0.717, 1.165) is 0 Å². The molecule has 242 valence electrons. The minimum atomic E-state index is 0.621. The van der Waals surface area contributed by atoms with Crippen LogP contribution >= 0.6 is 0 Å². The molecule has 2 nitrogen and oxygen atoms in total. The predicted molar refractivity (Wildman–Crippen MR) is 184 cm³/mol. The van der Waals surface area contributed by atoms with Gasteiger partial charge in [0.05, 0.1) is 12.0 Å². The van der Waals surface area contributed by atoms with E-state index in [-0.39, 0.29) is 0 Å². The van der Waals surface area contributed by atoms with E-state index in [9.17, 15) is 0 Å². The van der Waals surface area contributed by atoms with Gasteiger partial charge in [0.1, 0.15) is 12.4 Å². The summed E-state index contributed by atoms with van der Waals surface area (Å²) in [5, 5.41) is 0. The van der Waals surface area contributed by atoms with Crippen LogP contribution in [-0.4, -0.2) is 4.98 Å². The van der Waals surface area contributed by atoms with E-state index in [0.29, 0.717) is 12.0 Å². The number of H-pyrrole nitrogens is 1. The molecule has 0 aliphatic rings. The Bertz CT molecular complexity index is 635. The van der Waals surface area contributed by atoms with Crippen molar-refractivity contribution in [1.29, 1.82) is 0 Å². The zero-order valence-electron chi connectivity index (χ0n) is 29.0. The standard InChI is InChI=1S/C39H76N2/c1-5-8-11-14-16-17-18-19-20-21-22-23-25-28-31-34-38(33-30-26-13-10-7-3)39-40-35-36-41(39)37(4)32-29-27-24-15-12-9-6-2/h35-38H,5-34H2,1-4H3/p+1. The van der Waals surface area contributed by atoms with Crippen LogP contribution in [0.15, 0.2) is 12.4 Å². The van der Waals surface area contributed by atoms with E-state index in [1.54, 1.807) is 0 Å². The van der Waals surface area contributed by atoms with Crippen molar-refractivity contribution < 1.29 is 4.57 Å². The molecule has 1 N–H and O–H groups in total. The average Bonchev–Trinajstić information content (AvgIpc) is 3.47. The maximum absolute atomic E-state index is 3.73. The molecule has 0 aliphatic carbocycles. The van der Waals surface area contributed by atoms with Crippen LogP contribution in [-0.2, 0) is 0 Å². The Labute approximate surface area is 259 Å². The van der Waals surface area contributed by atoms with Crippen molar-refractivity contribution in [3.05, 3.63) is 18.2 Å². The summed E-state index contributed by atoms with van der Waals surface area (Å²) in [6.45, 7) is 9.41. The molecule has 2 atom stereocenters. The molecule has 0 aliphatic heterocycles. The molecule has 1 heterocycles. The lowest BCUT2D eigenvalue weighted by Gasteiger charge is -2.17. The maximum atomic E-state index is 3.73. The van der Waals surface area contributed by atoms with Crippen LogP contribution in [0.1, 0.15) is 238 Å². The van der Waals surface area contributed by atoms with Crippen LogP contribution in [0.2, 0.25) is 0 Å². The van der Waals surface area contributed by atoms with E-state index in [1.807, 2.05) is 0 Å². The molecule has 1 rings (SSSR count). The fourth-order valence-electron chi connectivity index (χ4n) is 6.78. The third-order valence-corrected chi connectivity index (χ3v) is 9.64. The van der Waals surface area contributed by atoms with Crippen LogP contribution in [0.25, 0.3) is 0 Å². The fourth-order valence-corrected chi connectivity index (χ4v) is 6.78. The summed E-state index contributed by atoms with van der Waals surface area (Å²) >= 11 is 0. The molecule has 0 aromatic carbocycles. The molecule has 0 radical (unpaired) electrons. The summed E-state index contributed by atoms with van der Waals surface area (Å²) in [6.07, 6.45) is 47.2. The van der Waals surface area contributed by atoms with Crippen LogP contribution in [0.5, 0.6) is 0 Å². The largest absolute Gasteiger partial charge is 0.257 e. The zero-order chi connectivity index (χ0) is 29.6. The Morgan fingerprint density at radius 1 is 0.463 bits per heavy atom. The number of nitrogens with zero attached hydrogens (tertiary/aromatic N) is 1. The zero-order valence-corrected chi connectivity index (χ0v) is 29.0. The number of aromatic nitrogens is 2. The highest BCUT2D eigenvalue weighted by Crippen LogP contribution is 2.27. The number of unbranched alkanes of at least 4 members (excludes halogenated alkanes) is 24. The first-order valence-corrected chi connectivity index (χ1v) is 19.3. The quantitative estimate of drug-likeness (QED) is 0.0653. The summed E-state index contributed by atoms with van der Waals surface area (Å²) in [6, 6.07) is 0.621. The first kappa shape index (κ1) is 38.2. The number of hydrogen-bond donors (Lipinski definition) is 1. The van der Waals surface area contributed by atoms with Crippen LogP contribution in [0.4, 0.5) is 0 Å². The molecule has 2 unspecified atom stereocenters. The van der Waals surface area contributed by atoms with Gasteiger partial charge in [-0.25, -0.2) is 9.55 Å². The molecule has 0 saturated carbocycles. The van der Waals surface area contributed by atoms with E-state index in [4.69, 9.17) is 0 Å². The highest BCUT2D eigenvalue weighted by atomic mass is 15.1. The van der Waals surface area contributed by atoms with Crippen LogP contribution < -0.4 is 4.57 Å². The number of aromatic amines is 1. The van der Waals surface area contributed by atoms with E-state index in [2.05, 4.69) is 49.6 Å². The van der Waals surface area contributed by atoms with Crippen molar-refractivity contribution in [2.75, 3.05) is 0 Å². The smallest absolute Gasteiger partial charge is 0.247 e. The third kappa shape index (κ3) is 21.5. The Hall–Kier alpha value is -0.790. The lowest BCUT2D eigenvalue weighted by atomic mass is 9.93. The van der Waals surface area contributed by atoms with Crippen molar-refractivity contribution in [3.8, 4) is 0 Å². The van der Waals surface area contributed by atoms with Gasteiger partial charge in [-0.1, -0.05) is 188 Å². The summed E-state index contributed by atoms with van der Waals surface area (Å²) in [5.41, 5.74) is 0. The molecule has 0 saturated heterocycles. The molecule has 0 fully saturated rings. The summed E-state index contributed by atoms with van der Waals surface area (Å²) in [5.74, 6) is 2.24. The maximum Gasteiger partial charge on any atom is 0.257 e. The van der Waals surface area contributed by atoms with Gasteiger partial charge in [0, 0.05) is 0 Å². The lowest BCUT2D eigenvalue weighted by Crippen LogP contribution is -2.41. The molecule has 0 bridgehead atoms. The molecule has 41 heavy (non-hydrogen) atoms. The molecule has 2 heteroatoms. The monoisotopic (exact) mass is 574 g/mol. The predicted octanol–water partition coefficient (Wildman–Crippen LogP) is 13.7. The second-order valence-corrected chi connectivity index (χ2v) is 13.6. The molecule has 0 spiro atoms. The van der Waals surface area contributed by atoms with Gasteiger partial charge in [0.25, 0.3) is 5.82 Å². The first-order valence-electron chi connectivity index (χ1n) is 19.3. The van der Waals surface area contributed by atoms with Crippen molar-refractivity contribution in [3.63, 3.8) is 0 Å². The summed E-state index contributed by atoms with van der Waals surface area (Å²) in [7, 11) is 0. The van der Waals surface area contributed by atoms with Gasteiger partial charge >= 0.3 is 0 Å². The lowest BCUT2D eigenvalue weighted by molar-refractivity contribution is -0.727. The van der Waals surface area contributed by atoms with Crippen molar-refractivity contribution >= 4 is 0 Å². The van der Waals surface area contributed by atoms with E-state index < -0.39 is 0 Å². The van der Waals surface area contributed by atoms with Gasteiger partial charge in [-0.2, -0.15) is 0 Å². The van der Waals surface area contributed by atoms with Crippen molar-refractivity contribution in [1.82, 2.24) is 4.98 Å². The normalized spacial score (nSPS) is 13.2. The third-order valence-electron chi connectivity index (χ3n) is 9.64. The van der Waals surface area contributed by atoms with Gasteiger partial charge in [-0.3, -0.25) is 0 Å². The van der Waals surface area contributed by atoms with Crippen LogP contribution in [0.3, 0.4) is 0 Å². The first-order chi connectivity index (χ1) is 20.2. The highest BCUT2D eigenvalue weighted by molar-refractivity contribution is 4.90. The van der Waals surface area contributed by atoms with Crippen LogP contribution in [0, 0.1) is 0 Å².